The van der Waals surface area contributed by atoms with E-state index in [2.05, 4.69) is 15.3 Å². The third-order valence-electron chi connectivity index (χ3n) is 2.82. The monoisotopic (exact) mass is 281 g/mol. The van der Waals surface area contributed by atoms with Crippen LogP contribution >= 0.6 is 0 Å². The summed E-state index contributed by atoms with van der Waals surface area (Å²) in [6.07, 6.45) is 1.21. The third-order valence-corrected chi connectivity index (χ3v) is 2.82. The molecule has 1 unspecified atom stereocenters. The van der Waals surface area contributed by atoms with Crippen molar-refractivity contribution in [2.24, 2.45) is 0 Å². The van der Waals surface area contributed by atoms with Crippen molar-refractivity contribution in [3.05, 3.63) is 28.0 Å². The van der Waals surface area contributed by atoms with Gasteiger partial charge in [0.15, 0.2) is 0 Å². The van der Waals surface area contributed by atoms with Crippen molar-refractivity contribution >= 4 is 17.0 Å². The van der Waals surface area contributed by atoms with E-state index in [0.717, 1.165) is 0 Å². The molecule has 108 valence electrons. The molecule has 8 nitrogen and oxygen atoms in total. The summed E-state index contributed by atoms with van der Waals surface area (Å²) in [4.78, 5) is 30.3. The van der Waals surface area contributed by atoms with E-state index in [1.807, 2.05) is 0 Å². The highest BCUT2D eigenvalue weighted by molar-refractivity contribution is 6.06. The Hall–Kier alpha value is -2.19. The number of furan rings is 1. The lowest BCUT2D eigenvalue weighted by Gasteiger charge is -2.14. The Kier molecular flexibility index (Phi) is 4.16. The Morgan fingerprint density at radius 3 is 3.05 bits per heavy atom. The second-order valence-electron chi connectivity index (χ2n) is 4.25. The molecule has 0 saturated heterocycles. The molecule has 0 fully saturated rings. The lowest BCUT2D eigenvalue weighted by atomic mass is 10.1. The average molecular weight is 281 g/mol. The number of nitrogens with zero attached hydrogens (tertiary/aromatic N) is 1. The molecule has 2 rings (SSSR count). The van der Waals surface area contributed by atoms with E-state index >= 15 is 0 Å². The molecule has 8 heteroatoms. The van der Waals surface area contributed by atoms with Crippen molar-refractivity contribution in [3.63, 3.8) is 0 Å². The molecule has 0 spiro atoms. The fraction of sp³-hybridized carbons (Fsp3) is 0.417. The molecule has 2 aromatic rings. The minimum atomic E-state index is -0.562. The second-order valence-corrected chi connectivity index (χ2v) is 4.25. The zero-order chi connectivity index (χ0) is 14.7. The Morgan fingerprint density at radius 2 is 2.40 bits per heavy atom. The first-order valence-electron chi connectivity index (χ1n) is 5.96. The number of H-pyrrole nitrogens is 1. The van der Waals surface area contributed by atoms with E-state index in [4.69, 9.17) is 14.3 Å². The van der Waals surface area contributed by atoms with Crippen LogP contribution in [0.2, 0.25) is 0 Å². The van der Waals surface area contributed by atoms with Crippen molar-refractivity contribution in [2.45, 2.75) is 13.0 Å². The first-order valence-corrected chi connectivity index (χ1v) is 5.96. The van der Waals surface area contributed by atoms with E-state index in [0.29, 0.717) is 0 Å². The number of methoxy groups -OCH3 is 1. The van der Waals surface area contributed by atoms with Crippen LogP contribution in [0.3, 0.4) is 0 Å². The summed E-state index contributed by atoms with van der Waals surface area (Å²) in [7, 11) is 1.46. The molecular formula is C12H15N3O5. The van der Waals surface area contributed by atoms with Crippen LogP contribution in [0.1, 0.15) is 16.1 Å². The van der Waals surface area contributed by atoms with Crippen LogP contribution in [0.25, 0.3) is 11.1 Å². The predicted molar refractivity (Wildman–Crippen MR) is 69.6 cm³/mol. The van der Waals surface area contributed by atoms with Gasteiger partial charge in [0, 0.05) is 7.11 Å². The second kappa shape index (κ2) is 5.85. The minimum absolute atomic E-state index is 0.0941. The molecule has 0 aliphatic rings. The van der Waals surface area contributed by atoms with Crippen molar-refractivity contribution in [1.82, 2.24) is 15.3 Å². The van der Waals surface area contributed by atoms with E-state index in [-0.39, 0.29) is 35.6 Å². The number of nitrogens with one attached hydrogen (secondary N) is 2. The molecule has 0 radical (unpaired) electrons. The van der Waals surface area contributed by atoms with Gasteiger partial charge in [0.05, 0.1) is 31.1 Å². The number of ether oxygens (including phenoxy) is 1. The highest BCUT2D eigenvalue weighted by Gasteiger charge is 2.23. The lowest BCUT2D eigenvalue weighted by molar-refractivity contribution is 0.0839. The van der Waals surface area contributed by atoms with Crippen LogP contribution in [0.5, 0.6) is 0 Å². The summed E-state index contributed by atoms with van der Waals surface area (Å²) in [5.74, 6) is -0.230. The summed E-state index contributed by atoms with van der Waals surface area (Å²) < 4.78 is 10.2. The van der Waals surface area contributed by atoms with Gasteiger partial charge in [-0.15, -0.1) is 0 Å². The van der Waals surface area contributed by atoms with Crippen molar-refractivity contribution < 1.29 is 19.1 Å². The Bertz CT molecular complexity index is 675. The largest absolute Gasteiger partial charge is 0.442 e. The predicted octanol–water partition coefficient (Wildman–Crippen LogP) is -0.438. The van der Waals surface area contributed by atoms with Gasteiger partial charge >= 0.3 is 0 Å². The summed E-state index contributed by atoms with van der Waals surface area (Å²) in [6, 6.07) is -0.562. The number of aliphatic hydroxyl groups excluding tert-OH is 1. The third kappa shape index (κ3) is 2.56. The molecule has 1 atom stereocenters. The molecule has 2 heterocycles. The molecule has 20 heavy (non-hydrogen) atoms. The van der Waals surface area contributed by atoms with E-state index in [1.165, 1.54) is 13.4 Å². The maximum Gasteiger partial charge on any atom is 0.262 e. The summed E-state index contributed by atoms with van der Waals surface area (Å²) in [5.41, 5.74) is -0.239. The first kappa shape index (κ1) is 14.2. The van der Waals surface area contributed by atoms with Crippen LogP contribution in [0.4, 0.5) is 0 Å². The summed E-state index contributed by atoms with van der Waals surface area (Å²) >= 11 is 0. The van der Waals surface area contributed by atoms with Gasteiger partial charge in [-0.05, 0) is 6.92 Å². The standard InChI is InChI=1S/C12H15N3O5/c1-6-8(11(18)15-7(3-16)4-19-2)9-10(17)13-5-14-12(9)20-6/h5,7,16H,3-4H2,1-2H3,(H,15,18)(H,13,14,17). The van der Waals surface area contributed by atoms with Gasteiger partial charge in [-0.2, -0.15) is 0 Å². The number of aliphatic hydroxyl groups is 1. The molecule has 1 amide bonds. The number of aromatic amines is 1. The van der Waals surface area contributed by atoms with Gasteiger partial charge in [0.1, 0.15) is 11.1 Å². The number of hydrogen-bond acceptors (Lipinski definition) is 6. The average Bonchev–Trinajstić information content (AvgIpc) is 2.75. The van der Waals surface area contributed by atoms with E-state index < -0.39 is 17.5 Å². The Balaban J connectivity index is 2.39. The van der Waals surface area contributed by atoms with Gasteiger partial charge in [0.25, 0.3) is 11.5 Å². The van der Waals surface area contributed by atoms with Gasteiger partial charge < -0.3 is 24.6 Å². The fourth-order valence-corrected chi connectivity index (χ4v) is 1.93. The number of fused-ring (bicyclic) bond motifs is 1. The number of hydrogen-bond donors (Lipinski definition) is 3. The number of carbonyl (C=O) groups is 1. The van der Waals surface area contributed by atoms with Gasteiger partial charge in [-0.3, -0.25) is 9.59 Å². The molecule has 3 N–H and O–H groups in total. The van der Waals surface area contributed by atoms with Crippen molar-refractivity contribution in [1.29, 1.82) is 0 Å². The van der Waals surface area contributed by atoms with Gasteiger partial charge in [-0.1, -0.05) is 0 Å². The number of carbonyl (C=O) groups excluding carboxylic acids is 1. The molecular weight excluding hydrogens is 266 g/mol. The lowest BCUT2D eigenvalue weighted by Crippen LogP contribution is -2.41. The number of aromatic nitrogens is 2. The number of amides is 1. The van der Waals surface area contributed by atoms with Crippen LogP contribution in [-0.2, 0) is 4.74 Å². The van der Waals surface area contributed by atoms with E-state index in [9.17, 15) is 9.59 Å². The van der Waals surface area contributed by atoms with Crippen LogP contribution in [0, 0.1) is 6.92 Å². The van der Waals surface area contributed by atoms with E-state index in [1.54, 1.807) is 6.92 Å². The molecule has 0 bridgehead atoms. The van der Waals surface area contributed by atoms with Crippen LogP contribution in [0.15, 0.2) is 15.5 Å². The Morgan fingerprint density at radius 1 is 1.65 bits per heavy atom. The molecule has 0 saturated carbocycles. The number of rotatable bonds is 5. The van der Waals surface area contributed by atoms with Crippen molar-refractivity contribution in [3.8, 4) is 0 Å². The topological polar surface area (TPSA) is 117 Å². The normalized spacial score (nSPS) is 12.6. The molecule has 2 aromatic heterocycles. The molecule has 0 aliphatic heterocycles. The zero-order valence-corrected chi connectivity index (χ0v) is 11.1. The molecule has 0 aromatic carbocycles. The fourth-order valence-electron chi connectivity index (χ4n) is 1.93. The van der Waals surface area contributed by atoms with Gasteiger partial charge in [0.2, 0.25) is 5.71 Å². The summed E-state index contributed by atoms with van der Waals surface area (Å²) in [6.45, 7) is 1.45. The molecule has 0 aliphatic carbocycles. The zero-order valence-electron chi connectivity index (χ0n) is 11.1. The maximum absolute atomic E-state index is 12.2. The van der Waals surface area contributed by atoms with Crippen LogP contribution in [-0.4, -0.2) is 47.3 Å². The number of aryl methyl sites for hydroxylation is 1. The highest BCUT2D eigenvalue weighted by Crippen LogP contribution is 2.20. The smallest absolute Gasteiger partial charge is 0.262 e. The van der Waals surface area contributed by atoms with Gasteiger partial charge in [-0.25, -0.2) is 4.98 Å². The SMILES string of the molecule is COCC(CO)NC(=O)c1c(C)oc2nc[nH]c(=O)c12. The quantitative estimate of drug-likeness (QED) is 0.684. The Labute approximate surface area is 113 Å². The minimum Gasteiger partial charge on any atom is -0.442 e. The maximum atomic E-state index is 12.2. The first-order chi connectivity index (χ1) is 9.58. The highest BCUT2D eigenvalue weighted by atomic mass is 16.5. The van der Waals surface area contributed by atoms with Crippen molar-refractivity contribution in [2.75, 3.05) is 20.3 Å². The van der Waals surface area contributed by atoms with Crippen LogP contribution < -0.4 is 10.9 Å². The summed E-state index contributed by atoms with van der Waals surface area (Å²) in [5, 5.41) is 11.8.